The van der Waals surface area contributed by atoms with Gasteiger partial charge in [-0.05, 0) is 89.5 Å². The van der Waals surface area contributed by atoms with Gasteiger partial charge in [-0.15, -0.1) is 0 Å². The molecule has 0 unspecified atom stereocenters. The summed E-state index contributed by atoms with van der Waals surface area (Å²) in [5, 5.41) is 5.51. The maximum atomic E-state index is 13.4. The second kappa shape index (κ2) is 14.9. The van der Waals surface area contributed by atoms with Crippen molar-refractivity contribution in [3.63, 3.8) is 0 Å². The fraction of sp³-hybridized carbons (Fsp3) is 0.0263. The largest absolute Gasteiger partial charge is 0.489 e. The zero-order chi connectivity index (χ0) is 31.4. The highest BCUT2D eigenvalue weighted by atomic mass is 19.1. The van der Waals surface area contributed by atoms with Crippen molar-refractivity contribution in [2.24, 2.45) is 0 Å². The molecule has 0 spiro atoms. The molecular weight excluding hydrogens is 567 g/mol. The lowest BCUT2D eigenvalue weighted by Crippen LogP contribution is -2.30. The molecule has 2 amide bonds. The first-order chi connectivity index (χ1) is 21.9. The van der Waals surface area contributed by atoms with Crippen LogP contribution in [0.1, 0.15) is 37.4 Å². The molecule has 5 rings (SSSR count). The molecule has 5 aromatic carbocycles. The normalized spacial score (nSPS) is 11.2. The van der Waals surface area contributed by atoms with E-state index < -0.39 is 11.8 Å². The van der Waals surface area contributed by atoms with E-state index in [0.29, 0.717) is 40.3 Å². The van der Waals surface area contributed by atoms with E-state index in [1.165, 1.54) is 18.2 Å². The molecule has 2 N–H and O–H groups in total. The van der Waals surface area contributed by atoms with Gasteiger partial charge in [-0.25, -0.2) is 4.39 Å². The summed E-state index contributed by atoms with van der Waals surface area (Å²) < 4.78 is 19.0. The number of benzene rings is 5. The molecule has 0 aliphatic heterocycles. The van der Waals surface area contributed by atoms with Crippen LogP contribution in [-0.2, 0) is 11.4 Å². The lowest BCUT2D eigenvalue weighted by atomic mass is 10.1. The number of amides is 2. The van der Waals surface area contributed by atoms with E-state index >= 15 is 0 Å². The smallest absolute Gasteiger partial charge is 0.272 e. The predicted octanol–water partition coefficient (Wildman–Crippen LogP) is 7.71. The van der Waals surface area contributed by atoms with Crippen molar-refractivity contribution >= 4 is 35.4 Å². The van der Waals surface area contributed by atoms with Gasteiger partial charge < -0.3 is 15.4 Å². The highest BCUT2D eigenvalue weighted by molar-refractivity contribution is 6.11. The minimum atomic E-state index is -0.543. The molecule has 0 aliphatic rings. The van der Waals surface area contributed by atoms with Crippen molar-refractivity contribution in [3.8, 4) is 5.75 Å². The molecule has 7 heteroatoms. The first-order valence-electron chi connectivity index (χ1n) is 14.2. The molecule has 6 nitrogen and oxygen atoms in total. The van der Waals surface area contributed by atoms with E-state index in [2.05, 4.69) is 10.6 Å². The van der Waals surface area contributed by atoms with E-state index in [-0.39, 0.29) is 17.3 Å². The van der Waals surface area contributed by atoms with Crippen molar-refractivity contribution in [2.75, 3.05) is 5.32 Å². The van der Waals surface area contributed by atoms with Gasteiger partial charge in [0.1, 0.15) is 23.9 Å². The third kappa shape index (κ3) is 8.95. The molecule has 0 heterocycles. The van der Waals surface area contributed by atoms with E-state index in [0.717, 1.165) is 5.56 Å². The molecule has 0 saturated heterocycles. The highest BCUT2D eigenvalue weighted by Gasteiger charge is 2.15. The van der Waals surface area contributed by atoms with Gasteiger partial charge in [-0.2, -0.15) is 0 Å². The average Bonchev–Trinajstić information content (AvgIpc) is 3.08. The van der Waals surface area contributed by atoms with Gasteiger partial charge in [0, 0.05) is 16.8 Å². The van der Waals surface area contributed by atoms with E-state index in [1.807, 2.05) is 30.3 Å². The Balaban J connectivity index is 1.28. The first kappa shape index (κ1) is 30.4. The van der Waals surface area contributed by atoms with Crippen LogP contribution in [0.3, 0.4) is 0 Å². The molecule has 5 aromatic rings. The van der Waals surface area contributed by atoms with Crippen LogP contribution in [0, 0.1) is 5.82 Å². The first-order valence-corrected chi connectivity index (χ1v) is 14.2. The van der Waals surface area contributed by atoms with Gasteiger partial charge in [0.25, 0.3) is 11.8 Å². The molecule has 45 heavy (non-hydrogen) atoms. The van der Waals surface area contributed by atoms with Crippen molar-refractivity contribution in [2.45, 2.75) is 6.61 Å². The Kier molecular flexibility index (Phi) is 10.1. The molecule has 0 aromatic heterocycles. The minimum Gasteiger partial charge on any atom is -0.489 e. The Morgan fingerprint density at radius 2 is 1.29 bits per heavy atom. The third-order valence-corrected chi connectivity index (χ3v) is 6.69. The molecule has 0 atom stereocenters. The number of ketones is 1. The fourth-order valence-corrected chi connectivity index (χ4v) is 4.27. The monoisotopic (exact) mass is 596 g/mol. The zero-order valence-electron chi connectivity index (χ0n) is 24.2. The van der Waals surface area contributed by atoms with Crippen molar-refractivity contribution in [1.29, 1.82) is 0 Å². The average molecular weight is 597 g/mol. The van der Waals surface area contributed by atoms with E-state index in [1.54, 1.807) is 103 Å². The van der Waals surface area contributed by atoms with Gasteiger partial charge >= 0.3 is 0 Å². The van der Waals surface area contributed by atoms with Crippen molar-refractivity contribution < 1.29 is 23.5 Å². The van der Waals surface area contributed by atoms with Gasteiger partial charge in [-0.3, -0.25) is 14.4 Å². The van der Waals surface area contributed by atoms with Crippen LogP contribution in [-0.4, -0.2) is 17.6 Å². The van der Waals surface area contributed by atoms with Gasteiger partial charge in [-0.1, -0.05) is 78.9 Å². The number of hydrogen-bond donors (Lipinski definition) is 2. The summed E-state index contributed by atoms with van der Waals surface area (Å²) in [5.74, 6) is -0.912. The molecule has 0 radical (unpaired) electrons. The van der Waals surface area contributed by atoms with Crippen LogP contribution in [0.25, 0.3) is 12.2 Å². The maximum Gasteiger partial charge on any atom is 0.272 e. The summed E-state index contributed by atoms with van der Waals surface area (Å²) in [5.41, 5.74) is 3.69. The summed E-state index contributed by atoms with van der Waals surface area (Å²) in [6, 6.07) is 37.8. The lowest BCUT2D eigenvalue weighted by Gasteiger charge is -2.12. The highest BCUT2D eigenvalue weighted by Crippen LogP contribution is 2.18. The van der Waals surface area contributed by atoms with Crippen LogP contribution < -0.4 is 15.4 Å². The van der Waals surface area contributed by atoms with Crippen LogP contribution in [0.2, 0.25) is 0 Å². The summed E-state index contributed by atoms with van der Waals surface area (Å²) in [7, 11) is 0. The number of nitrogens with one attached hydrogen (secondary N) is 2. The van der Waals surface area contributed by atoms with E-state index in [4.69, 9.17) is 4.74 Å². The SMILES string of the molecule is O=C(Nc1ccc(C(=O)/C=C/c2ccc(F)cc2)cc1)/C(=C/c1ccc(OCc2ccccc2)cc1)NC(=O)c1ccccc1. The summed E-state index contributed by atoms with van der Waals surface area (Å²) in [6.45, 7) is 0.422. The molecule has 0 fully saturated rings. The number of anilines is 1. The van der Waals surface area contributed by atoms with E-state index in [9.17, 15) is 18.8 Å². The third-order valence-electron chi connectivity index (χ3n) is 6.69. The quantitative estimate of drug-likeness (QED) is 0.121. The van der Waals surface area contributed by atoms with Crippen LogP contribution in [0.15, 0.2) is 145 Å². The van der Waals surface area contributed by atoms with Gasteiger partial charge in [0.2, 0.25) is 0 Å². The van der Waals surface area contributed by atoms with Gasteiger partial charge in [0.15, 0.2) is 5.78 Å². The Bertz CT molecular complexity index is 1820. The predicted molar refractivity (Wildman–Crippen MR) is 174 cm³/mol. The van der Waals surface area contributed by atoms with Crippen molar-refractivity contribution in [3.05, 3.63) is 179 Å². The molecule has 0 saturated carbocycles. The topological polar surface area (TPSA) is 84.5 Å². The maximum absolute atomic E-state index is 13.4. The van der Waals surface area contributed by atoms with Crippen LogP contribution in [0.4, 0.5) is 10.1 Å². The van der Waals surface area contributed by atoms with Gasteiger partial charge in [0.05, 0.1) is 0 Å². The lowest BCUT2D eigenvalue weighted by molar-refractivity contribution is -0.113. The molecule has 222 valence electrons. The number of halogens is 1. The Morgan fingerprint density at radius 1 is 0.667 bits per heavy atom. The number of carbonyl (C=O) groups excluding carboxylic acids is 3. The number of ether oxygens (including phenoxy) is 1. The van der Waals surface area contributed by atoms with Crippen LogP contribution >= 0.6 is 0 Å². The Hall–Kier alpha value is -6.08. The number of hydrogen-bond acceptors (Lipinski definition) is 4. The number of carbonyl (C=O) groups is 3. The Labute approximate surface area is 260 Å². The second-order valence-electron chi connectivity index (χ2n) is 10.0. The summed E-state index contributed by atoms with van der Waals surface area (Å²) >= 11 is 0. The summed E-state index contributed by atoms with van der Waals surface area (Å²) in [4.78, 5) is 39.0. The molecule has 0 aliphatic carbocycles. The number of rotatable bonds is 11. The second-order valence-corrected chi connectivity index (χ2v) is 10.0. The summed E-state index contributed by atoms with van der Waals surface area (Å²) in [6.07, 6.45) is 4.58. The van der Waals surface area contributed by atoms with Crippen molar-refractivity contribution in [1.82, 2.24) is 5.32 Å². The molecular formula is C38H29FN2O4. The minimum absolute atomic E-state index is 0.0317. The van der Waals surface area contributed by atoms with Crippen LogP contribution in [0.5, 0.6) is 5.75 Å². The Morgan fingerprint density at radius 3 is 1.96 bits per heavy atom. The fourth-order valence-electron chi connectivity index (χ4n) is 4.27. The molecule has 0 bridgehead atoms. The standard InChI is InChI=1S/C38H29FN2O4/c39-32-18-11-27(12-19-32)15-24-36(42)30-16-20-33(21-17-30)40-38(44)35(41-37(43)31-9-5-2-6-10-31)25-28-13-22-34(23-14-28)45-26-29-7-3-1-4-8-29/h1-25H,26H2,(H,40,44)(H,41,43)/b24-15+,35-25-. The zero-order valence-corrected chi connectivity index (χ0v) is 24.2. The number of allylic oxidation sites excluding steroid dienone is 1.